The van der Waals surface area contributed by atoms with Gasteiger partial charge in [-0.2, -0.15) is 0 Å². The van der Waals surface area contributed by atoms with Crippen LogP contribution in [0.5, 0.6) is 0 Å². The second-order valence-electron chi connectivity index (χ2n) is 5.60. The molecule has 108 valence electrons. The van der Waals surface area contributed by atoms with Gasteiger partial charge in [0, 0.05) is 30.1 Å². The van der Waals surface area contributed by atoms with Crippen molar-refractivity contribution in [3.8, 4) is 0 Å². The number of nitrogens with zero attached hydrogens (tertiary/aromatic N) is 1. The molecule has 2 aromatic carbocycles. The summed E-state index contributed by atoms with van der Waals surface area (Å²) in [6.45, 7) is 2.05. The lowest BCUT2D eigenvalue weighted by molar-refractivity contribution is -0.384. The van der Waals surface area contributed by atoms with Crippen molar-refractivity contribution >= 4 is 5.69 Å². The van der Waals surface area contributed by atoms with Crippen molar-refractivity contribution < 1.29 is 4.92 Å². The Balaban J connectivity index is 1.64. The zero-order valence-corrected chi connectivity index (χ0v) is 11.9. The van der Waals surface area contributed by atoms with Crippen molar-refractivity contribution in [1.82, 2.24) is 5.32 Å². The minimum atomic E-state index is -0.347. The Morgan fingerprint density at radius 2 is 1.95 bits per heavy atom. The molecular weight excluding hydrogens is 264 g/mol. The summed E-state index contributed by atoms with van der Waals surface area (Å²) in [7, 11) is 0. The first-order chi connectivity index (χ1) is 10.1. The molecule has 0 aliphatic heterocycles. The van der Waals surface area contributed by atoms with Crippen LogP contribution in [-0.2, 0) is 0 Å². The zero-order chi connectivity index (χ0) is 14.8. The first-order valence-corrected chi connectivity index (χ1v) is 7.20. The van der Waals surface area contributed by atoms with Crippen molar-refractivity contribution in [3.63, 3.8) is 0 Å². The first-order valence-electron chi connectivity index (χ1n) is 7.20. The van der Waals surface area contributed by atoms with Crippen molar-refractivity contribution in [2.45, 2.75) is 31.3 Å². The van der Waals surface area contributed by atoms with E-state index in [0.717, 1.165) is 12.0 Å². The standard InChI is InChI=1S/C17H18N2O2/c1-12(14-8-5-9-15(10-14)19(20)21)18-17-11-16(17)13-6-3-2-4-7-13/h2-10,12,16-18H,11H2,1H3. The van der Waals surface area contributed by atoms with E-state index in [1.165, 1.54) is 11.6 Å². The van der Waals surface area contributed by atoms with Crippen LogP contribution in [0.2, 0.25) is 0 Å². The smallest absolute Gasteiger partial charge is 0.269 e. The summed E-state index contributed by atoms with van der Waals surface area (Å²) in [4.78, 5) is 10.5. The Hall–Kier alpha value is -2.20. The lowest BCUT2D eigenvalue weighted by Crippen LogP contribution is -2.22. The fraction of sp³-hybridized carbons (Fsp3) is 0.294. The summed E-state index contributed by atoms with van der Waals surface area (Å²) in [5.41, 5.74) is 2.47. The third-order valence-corrected chi connectivity index (χ3v) is 4.06. The van der Waals surface area contributed by atoms with Crippen molar-refractivity contribution in [2.75, 3.05) is 0 Å². The van der Waals surface area contributed by atoms with E-state index in [2.05, 4.69) is 36.5 Å². The predicted molar refractivity (Wildman–Crippen MR) is 82.2 cm³/mol. The summed E-state index contributed by atoms with van der Waals surface area (Å²) >= 11 is 0. The maximum Gasteiger partial charge on any atom is 0.269 e. The molecule has 0 radical (unpaired) electrons. The van der Waals surface area contributed by atoms with Gasteiger partial charge in [-0.3, -0.25) is 10.1 Å². The van der Waals surface area contributed by atoms with Gasteiger partial charge in [0.15, 0.2) is 0 Å². The van der Waals surface area contributed by atoms with Crippen LogP contribution in [0.3, 0.4) is 0 Å². The number of rotatable bonds is 5. The molecule has 0 saturated heterocycles. The maximum atomic E-state index is 10.8. The van der Waals surface area contributed by atoms with Crippen LogP contribution in [0, 0.1) is 10.1 Å². The second kappa shape index (κ2) is 5.66. The fourth-order valence-electron chi connectivity index (χ4n) is 2.77. The van der Waals surface area contributed by atoms with Crippen molar-refractivity contribution in [2.24, 2.45) is 0 Å². The van der Waals surface area contributed by atoms with E-state index in [9.17, 15) is 10.1 Å². The van der Waals surface area contributed by atoms with Crippen LogP contribution in [0.1, 0.15) is 36.4 Å². The van der Waals surface area contributed by atoms with Gasteiger partial charge in [-0.25, -0.2) is 0 Å². The van der Waals surface area contributed by atoms with Gasteiger partial charge in [-0.05, 0) is 24.5 Å². The molecule has 3 rings (SSSR count). The quantitative estimate of drug-likeness (QED) is 0.670. The summed E-state index contributed by atoms with van der Waals surface area (Å²) in [5, 5.41) is 14.4. The van der Waals surface area contributed by atoms with Crippen LogP contribution in [0.25, 0.3) is 0 Å². The highest BCUT2D eigenvalue weighted by Crippen LogP contribution is 2.41. The SMILES string of the molecule is CC(NC1CC1c1ccccc1)c1cccc([N+](=O)[O-])c1. The highest BCUT2D eigenvalue weighted by atomic mass is 16.6. The Morgan fingerprint density at radius 1 is 1.19 bits per heavy atom. The molecule has 1 fully saturated rings. The van der Waals surface area contributed by atoms with E-state index < -0.39 is 0 Å². The Morgan fingerprint density at radius 3 is 2.67 bits per heavy atom. The van der Waals surface area contributed by atoms with Crippen molar-refractivity contribution in [1.29, 1.82) is 0 Å². The molecule has 3 atom stereocenters. The highest BCUT2D eigenvalue weighted by molar-refractivity contribution is 5.36. The summed E-state index contributed by atoms with van der Waals surface area (Å²) < 4.78 is 0. The lowest BCUT2D eigenvalue weighted by atomic mass is 10.1. The van der Waals surface area contributed by atoms with Gasteiger partial charge in [-0.15, -0.1) is 0 Å². The summed E-state index contributed by atoms with van der Waals surface area (Å²) in [6.07, 6.45) is 1.13. The molecule has 1 saturated carbocycles. The fourth-order valence-corrected chi connectivity index (χ4v) is 2.77. The van der Waals surface area contributed by atoms with Crippen LogP contribution in [-0.4, -0.2) is 11.0 Å². The van der Waals surface area contributed by atoms with E-state index >= 15 is 0 Å². The van der Waals surface area contributed by atoms with Crippen LogP contribution < -0.4 is 5.32 Å². The summed E-state index contributed by atoms with van der Waals surface area (Å²) in [6, 6.07) is 17.9. The highest BCUT2D eigenvalue weighted by Gasteiger charge is 2.38. The van der Waals surface area contributed by atoms with Gasteiger partial charge in [0.1, 0.15) is 0 Å². The molecule has 1 aliphatic rings. The van der Waals surface area contributed by atoms with E-state index in [1.807, 2.05) is 12.1 Å². The number of nitrogens with one attached hydrogen (secondary N) is 1. The predicted octanol–water partition coefficient (Wildman–Crippen LogP) is 3.80. The van der Waals surface area contributed by atoms with Gasteiger partial charge in [0.05, 0.1) is 4.92 Å². The van der Waals surface area contributed by atoms with Gasteiger partial charge in [0.2, 0.25) is 0 Å². The Labute approximate surface area is 124 Å². The van der Waals surface area contributed by atoms with Crippen LogP contribution >= 0.6 is 0 Å². The molecule has 0 spiro atoms. The molecule has 2 aromatic rings. The van der Waals surface area contributed by atoms with Gasteiger partial charge >= 0.3 is 0 Å². The van der Waals surface area contributed by atoms with Crippen molar-refractivity contribution in [3.05, 3.63) is 75.8 Å². The number of nitro groups is 1. The molecule has 0 heterocycles. The minimum absolute atomic E-state index is 0.114. The molecular formula is C17H18N2O2. The molecule has 1 aliphatic carbocycles. The van der Waals surface area contributed by atoms with Crippen LogP contribution in [0.15, 0.2) is 54.6 Å². The second-order valence-corrected chi connectivity index (χ2v) is 5.60. The largest absolute Gasteiger partial charge is 0.307 e. The number of hydrogen-bond donors (Lipinski definition) is 1. The first kappa shape index (κ1) is 13.8. The van der Waals surface area contributed by atoms with E-state index in [1.54, 1.807) is 12.1 Å². The number of benzene rings is 2. The Bertz CT molecular complexity index is 642. The third-order valence-electron chi connectivity index (χ3n) is 4.06. The average molecular weight is 282 g/mol. The van der Waals surface area contributed by atoms with E-state index in [-0.39, 0.29) is 16.7 Å². The molecule has 0 amide bonds. The van der Waals surface area contributed by atoms with Gasteiger partial charge in [0.25, 0.3) is 5.69 Å². The van der Waals surface area contributed by atoms with Gasteiger partial charge < -0.3 is 5.32 Å². The topological polar surface area (TPSA) is 55.2 Å². The molecule has 0 bridgehead atoms. The normalized spacial score (nSPS) is 21.8. The number of nitro benzene ring substituents is 1. The van der Waals surface area contributed by atoms with Crippen LogP contribution in [0.4, 0.5) is 5.69 Å². The molecule has 21 heavy (non-hydrogen) atoms. The van der Waals surface area contributed by atoms with E-state index in [0.29, 0.717) is 12.0 Å². The molecule has 3 unspecified atom stereocenters. The average Bonchev–Trinajstić information content (AvgIpc) is 3.27. The summed E-state index contributed by atoms with van der Waals surface area (Å²) in [5.74, 6) is 0.562. The van der Waals surface area contributed by atoms with E-state index in [4.69, 9.17) is 0 Å². The lowest BCUT2D eigenvalue weighted by Gasteiger charge is -2.14. The zero-order valence-electron chi connectivity index (χ0n) is 11.9. The number of non-ortho nitro benzene ring substituents is 1. The molecule has 4 nitrogen and oxygen atoms in total. The Kier molecular flexibility index (Phi) is 3.71. The molecule has 0 aromatic heterocycles. The molecule has 4 heteroatoms. The monoisotopic (exact) mass is 282 g/mol. The minimum Gasteiger partial charge on any atom is -0.307 e. The number of hydrogen-bond acceptors (Lipinski definition) is 3. The maximum absolute atomic E-state index is 10.8. The molecule has 1 N–H and O–H groups in total. The van der Waals surface area contributed by atoms with Gasteiger partial charge in [-0.1, -0.05) is 42.5 Å². The third kappa shape index (κ3) is 3.11.